The summed E-state index contributed by atoms with van der Waals surface area (Å²) in [5.74, 6) is 0.468. The first kappa shape index (κ1) is 64.8. The molecular formula is C64H80O16. The average Bonchev–Trinajstić information content (AvgIpc) is 3.51. The van der Waals surface area contributed by atoms with Gasteiger partial charge in [-0.1, -0.05) is 88.0 Å². The van der Waals surface area contributed by atoms with Gasteiger partial charge in [0.05, 0.1) is 65.4 Å². The molecule has 0 unspecified atom stereocenters. The highest BCUT2D eigenvalue weighted by molar-refractivity contribution is 5.99. The largest absolute Gasteiger partial charge is 0.502 e. The van der Waals surface area contributed by atoms with E-state index in [1.807, 2.05) is 18.2 Å². The molecule has 4 aromatic carbocycles. The molecule has 0 amide bonds. The molecule has 0 aliphatic heterocycles. The van der Waals surface area contributed by atoms with Gasteiger partial charge < -0.3 is 48.0 Å². The first-order valence-electron chi connectivity index (χ1n) is 27.3. The van der Waals surface area contributed by atoms with Gasteiger partial charge >= 0.3 is 11.9 Å². The van der Waals surface area contributed by atoms with Crippen LogP contribution >= 0.6 is 0 Å². The van der Waals surface area contributed by atoms with Gasteiger partial charge in [0.2, 0.25) is 0 Å². The van der Waals surface area contributed by atoms with Crippen LogP contribution in [0.5, 0.6) is 23.0 Å². The fraction of sp³-hybridized carbons (Fsp3) is 0.375. The van der Waals surface area contributed by atoms with Crippen molar-refractivity contribution in [3.05, 3.63) is 183 Å². The minimum atomic E-state index is -0.633. The predicted molar refractivity (Wildman–Crippen MR) is 309 cm³/mol. The Morgan fingerprint density at radius 1 is 0.375 bits per heavy atom. The molecule has 0 saturated carbocycles. The number of rotatable bonds is 48. The van der Waals surface area contributed by atoms with Gasteiger partial charge in [0, 0.05) is 28.5 Å². The zero-order valence-corrected chi connectivity index (χ0v) is 46.3. The SMILES string of the molecule is C=COCCCCOc1c(/C=C/C(=O)Oc2cccc3c(OC(=O)/C=C/c4ccc(CCCCOOC=C)c(CCCCOOC=C)c4CCCCOOC=C)cccc23)ccc(CCCCOOC=C)c1OCCCCOC=C. The van der Waals surface area contributed by atoms with E-state index in [9.17, 15) is 9.59 Å². The van der Waals surface area contributed by atoms with Gasteiger partial charge in [0.15, 0.2) is 11.5 Å². The van der Waals surface area contributed by atoms with Crippen LogP contribution in [0.4, 0.5) is 0 Å². The van der Waals surface area contributed by atoms with Crippen molar-refractivity contribution in [3.8, 4) is 23.0 Å². The Kier molecular flexibility index (Phi) is 33.4. The lowest BCUT2D eigenvalue weighted by molar-refractivity contribution is -0.248. The van der Waals surface area contributed by atoms with Gasteiger partial charge in [0.1, 0.15) is 36.5 Å². The summed E-state index contributed by atoms with van der Waals surface area (Å²) in [6, 6.07) is 18.5. The lowest BCUT2D eigenvalue weighted by Crippen LogP contribution is -2.08. The van der Waals surface area contributed by atoms with E-state index >= 15 is 0 Å². The number of hydrogen-bond donors (Lipinski definition) is 0. The van der Waals surface area contributed by atoms with Crippen molar-refractivity contribution in [3.63, 3.8) is 0 Å². The number of carbonyl (C=O) groups excluding carboxylic acids is 2. The molecule has 0 heterocycles. The quantitative estimate of drug-likeness (QED) is 0.00780. The molecule has 0 spiro atoms. The number of aryl methyl sites for hydroxylation is 2. The molecular weight excluding hydrogens is 1020 g/mol. The van der Waals surface area contributed by atoms with Crippen LogP contribution in [-0.2, 0) is 83.8 Å². The van der Waals surface area contributed by atoms with Crippen molar-refractivity contribution in [2.75, 3.05) is 52.9 Å². The number of unbranched alkanes of at least 4 members (excludes halogenated alkanes) is 6. The number of benzene rings is 4. The van der Waals surface area contributed by atoms with Gasteiger partial charge in [0.25, 0.3) is 0 Å². The minimum absolute atomic E-state index is 0.280. The highest BCUT2D eigenvalue weighted by atomic mass is 17.2. The summed E-state index contributed by atoms with van der Waals surface area (Å²) in [6.07, 6.45) is 26.3. The number of ether oxygens (including phenoxy) is 6. The van der Waals surface area contributed by atoms with Gasteiger partial charge in [-0.3, -0.25) is 0 Å². The summed E-state index contributed by atoms with van der Waals surface area (Å²) in [5.41, 5.74) is 6.03. The van der Waals surface area contributed by atoms with E-state index in [1.165, 1.54) is 60.9 Å². The van der Waals surface area contributed by atoms with E-state index in [0.717, 1.165) is 107 Å². The summed E-state index contributed by atoms with van der Waals surface area (Å²) in [7, 11) is 0. The Bertz CT molecular complexity index is 2390. The highest BCUT2D eigenvalue weighted by Gasteiger charge is 2.19. The highest BCUT2D eigenvalue weighted by Crippen LogP contribution is 2.38. The van der Waals surface area contributed by atoms with Crippen molar-refractivity contribution in [2.45, 2.75) is 103 Å². The molecule has 80 heavy (non-hydrogen) atoms. The van der Waals surface area contributed by atoms with E-state index < -0.39 is 11.9 Å². The van der Waals surface area contributed by atoms with Crippen LogP contribution in [0.1, 0.15) is 110 Å². The molecule has 0 bridgehead atoms. The third-order valence-electron chi connectivity index (χ3n) is 12.1. The Morgan fingerprint density at radius 3 is 1.26 bits per heavy atom. The summed E-state index contributed by atoms with van der Waals surface area (Å²) in [4.78, 5) is 67.5. The molecule has 0 aliphatic carbocycles. The third-order valence-corrected chi connectivity index (χ3v) is 12.1. The lowest BCUT2D eigenvalue weighted by atomic mass is 9.87. The average molecular weight is 1110 g/mol. The zero-order chi connectivity index (χ0) is 57.1. The van der Waals surface area contributed by atoms with Crippen molar-refractivity contribution < 1.29 is 77.1 Å². The summed E-state index contributed by atoms with van der Waals surface area (Å²) in [5, 5.41) is 1.14. The maximum Gasteiger partial charge on any atom is 0.336 e. The molecule has 0 saturated heterocycles. The smallest absolute Gasteiger partial charge is 0.336 e. The van der Waals surface area contributed by atoms with Crippen LogP contribution in [0, 0.1) is 0 Å². The van der Waals surface area contributed by atoms with Gasteiger partial charge in [-0.05, 0) is 155 Å². The lowest BCUT2D eigenvalue weighted by Gasteiger charge is -2.19. The van der Waals surface area contributed by atoms with E-state index in [0.29, 0.717) is 99.3 Å². The van der Waals surface area contributed by atoms with E-state index in [4.69, 9.17) is 67.5 Å². The van der Waals surface area contributed by atoms with Crippen LogP contribution in [0.2, 0.25) is 0 Å². The molecule has 0 fully saturated rings. The van der Waals surface area contributed by atoms with Crippen LogP contribution in [0.3, 0.4) is 0 Å². The van der Waals surface area contributed by atoms with Gasteiger partial charge in [-0.15, -0.1) is 0 Å². The molecule has 432 valence electrons. The second-order valence-corrected chi connectivity index (χ2v) is 17.7. The Balaban J connectivity index is 1.58. The van der Waals surface area contributed by atoms with Crippen LogP contribution in [0.25, 0.3) is 22.9 Å². The van der Waals surface area contributed by atoms with E-state index in [2.05, 4.69) is 45.5 Å². The molecule has 0 aliphatic rings. The third kappa shape index (κ3) is 24.9. The predicted octanol–water partition coefficient (Wildman–Crippen LogP) is 14.4. The molecule has 0 atom stereocenters. The monoisotopic (exact) mass is 1100 g/mol. The first-order chi connectivity index (χ1) is 39.4. The topological polar surface area (TPSA) is 163 Å². The number of hydrogen-bond acceptors (Lipinski definition) is 16. The van der Waals surface area contributed by atoms with E-state index in [-0.39, 0.29) is 5.75 Å². The molecule has 4 rings (SSSR count). The van der Waals surface area contributed by atoms with Crippen LogP contribution in [0.15, 0.2) is 150 Å². The van der Waals surface area contributed by atoms with Crippen molar-refractivity contribution in [1.82, 2.24) is 0 Å². The van der Waals surface area contributed by atoms with Crippen LogP contribution < -0.4 is 18.9 Å². The first-order valence-corrected chi connectivity index (χ1v) is 27.3. The van der Waals surface area contributed by atoms with Gasteiger partial charge in [-0.25, -0.2) is 9.59 Å². The Morgan fingerprint density at radius 2 is 0.775 bits per heavy atom. The summed E-state index contributed by atoms with van der Waals surface area (Å²) >= 11 is 0. The Labute approximate surface area is 472 Å². The standard InChI is InChI=1S/C64H80O16/c1-7-67-43-21-23-45-69-63-53(28-14-18-48-76-72-10-4)37-38-54(64(63)70-46-24-22-44-68-8-2)40-42-62(66)80-60-34-26-31-57-58(60)32-25-33-59(57)79-61(65)41-39-52-36-35-51(27-13-17-47-75-71-9-3)55(29-15-19-49-77-73-11-5)56(52)30-16-20-50-78-74-12-6/h7-12,25-26,31-42H,1-6,13-24,27-30,43-50H2/b41-39+,42-40+. The molecule has 4 aromatic rings. The van der Waals surface area contributed by atoms with Crippen LogP contribution in [-0.4, -0.2) is 64.8 Å². The number of fused-ring (bicyclic) bond motifs is 1. The fourth-order valence-corrected chi connectivity index (χ4v) is 8.39. The second kappa shape index (κ2) is 41.3. The Hall–Kier alpha value is -7.76. The molecule has 0 radical (unpaired) electrons. The molecule has 16 nitrogen and oxygen atoms in total. The molecule has 0 N–H and O–H groups in total. The van der Waals surface area contributed by atoms with Crippen molar-refractivity contribution >= 4 is 34.9 Å². The maximum atomic E-state index is 13.7. The van der Waals surface area contributed by atoms with E-state index in [1.54, 1.807) is 48.6 Å². The number of carbonyl (C=O) groups is 2. The zero-order valence-electron chi connectivity index (χ0n) is 46.3. The number of esters is 2. The maximum absolute atomic E-state index is 13.7. The molecule has 0 aromatic heterocycles. The fourth-order valence-electron chi connectivity index (χ4n) is 8.39. The van der Waals surface area contributed by atoms with Gasteiger partial charge in [-0.2, -0.15) is 19.6 Å². The second-order valence-electron chi connectivity index (χ2n) is 17.7. The van der Waals surface area contributed by atoms with Crippen molar-refractivity contribution in [2.24, 2.45) is 0 Å². The normalized spacial score (nSPS) is 10.9. The summed E-state index contributed by atoms with van der Waals surface area (Å²) in [6.45, 7) is 24.8. The minimum Gasteiger partial charge on any atom is -0.502 e. The summed E-state index contributed by atoms with van der Waals surface area (Å²) < 4.78 is 35.5. The van der Waals surface area contributed by atoms with Crippen molar-refractivity contribution in [1.29, 1.82) is 0 Å². The molecule has 16 heteroatoms.